The number of carbonyl (C=O) groups is 3. The molecule has 6 rings (SSSR count). The first kappa shape index (κ1) is 22.5. The van der Waals surface area contributed by atoms with Crippen LogP contribution in [-0.2, 0) is 21.0 Å². The highest BCUT2D eigenvalue weighted by Gasteiger charge is 2.61. The van der Waals surface area contributed by atoms with E-state index in [1.54, 1.807) is 43.3 Å². The number of benzene rings is 2. The van der Waals surface area contributed by atoms with Gasteiger partial charge in [0.25, 0.3) is 11.6 Å². The summed E-state index contributed by atoms with van der Waals surface area (Å²) in [5.41, 5.74) is 1.61. The third-order valence-corrected chi connectivity index (χ3v) is 6.45. The second kappa shape index (κ2) is 8.51. The van der Waals surface area contributed by atoms with Crippen molar-refractivity contribution >= 4 is 23.6 Å². The van der Waals surface area contributed by atoms with Crippen molar-refractivity contribution in [2.24, 2.45) is 5.92 Å². The van der Waals surface area contributed by atoms with Gasteiger partial charge in [0.05, 0.1) is 16.9 Å². The Kier molecular flexibility index (Phi) is 5.48. The van der Waals surface area contributed by atoms with Gasteiger partial charge in [-0.2, -0.15) is 10.1 Å². The maximum Gasteiger partial charge on any atom is 0.431 e. The number of nitro benzene ring substituents is 1. The predicted molar refractivity (Wildman–Crippen MR) is 120 cm³/mol. The van der Waals surface area contributed by atoms with Crippen molar-refractivity contribution in [3.8, 4) is 0 Å². The van der Waals surface area contributed by atoms with Gasteiger partial charge in [0.1, 0.15) is 12.7 Å². The highest BCUT2D eigenvalue weighted by Crippen LogP contribution is 2.43. The molecule has 4 aliphatic rings. The zero-order chi connectivity index (χ0) is 24.9. The highest BCUT2D eigenvalue weighted by molar-refractivity contribution is 5.95. The summed E-state index contributed by atoms with van der Waals surface area (Å²) in [5, 5.41) is 14.4. The van der Waals surface area contributed by atoms with Gasteiger partial charge in [-0.05, 0) is 48.4 Å². The van der Waals surface area contributed by atoms with E-state index >= 15 is 0 Å². The molecular formula is C24H22N4O7. The second-order valence-electron chi connectivity index (χ2n) is 8.63. The van der Waals surface area contributed by atoms with Crippen molar-refractivity contribution in [3.63, 3.8) is 0 Å². The summed E-state index contributed by atoms with van der Waals surface area (Å²) in [7, 11) is 0. The monoisotopic (exact) mass is 478 g/mol. The Hall–Kier alpha value is -4.25. The standard InChI is InChI=1S/C24H22N4O7/c1-14-12-19-25(24(31)34-13-16-8-10-18(11-9-16)28(32)33)26-20(15(2)22(26)29)21(14)35-27(19)23(30)17-6-4-3-5-7-17/h3-12,15,19-21H,13H2,1-2H3/t15-,19+,20+,21+/m0/s1. The third-order valence-electron chi connectivity index (χ3n) is 6.45. The van der Waals surface area contributed by atoms with Crippen molar-refractivity contribution in [1.29, 1.82) is 0 Å². The molecule has 4 atom stereocenters. The molecule has 2 aromatic rings. The van der Waals surface area contributed by atoms with Crippen LogP contribution in [0.3, 0.4) is 0 Å². The number of ether oxygens (including phenoxy) is 1. The summed E-state index contributed by atoms with van der Waals surface area (Å²) in [6.07, 6.45) is -0.760. The number of β-lactam (4-membered cyclic amide) rings is 1. The molecule has 2 aromatic carbocycles. The summed E-state index contributed by atoms with van der Waals surface area (Å²) >= 11 is 0. The quantitative estimate of drug-likeness (QED) is 0.286. The molecule has 2 saturated heterocycles. The number of hydroxylamine groups is 2. The van der Waals surface area contributed by atoms with E-state index in [9.17, 15) is 24.5 Å². The van der Waals surface area contributed by atoms with Gasteiger partial charge in [0.2, 0.25) is 5.91 Å². The SMILES string of the molecule is CC1=C[C@H]2N(C(=O)c3ccccc3)O[C@H]1[C@H]1[C@H](C)C(=O)N1N2C(=O)OCc1ccc([N+](=O)[O-])cc1. The lowest BCUT2D eigenvalue weighted by atomic mass is 9.84. The van der Waals surface area contributed by atoms with E-state index in [2.05, 4.69) is 0 Å². The summed E-state index contributed by atoms with van der Waals surface area (Å²) in [6.45, 7) is 3.41. The Labute approximate surface area is 200 Å². The molecule has 11 heteroatoms. The number of hydrogen-bond donors (Lipinski definition) is 0. The van der Waals surface area contributed by atoms with Crippen LogP contribution in [0.15, 0.2) is 66.2 Å². The predicted octanol–water partition coefficient (Wildman–Crippen LogP) is 3.04. The van der Waals surface area contributed by atoms with Crippen LogP contribution in [0.5, 0.6) is 0 Å². The van der Waals surface area contributed by atoms with Gasteiger partial charge in [0.15, 0.2) is 6.17 Å². The van der Waals surface area contributed by atoms with E-state index in [-0.39, 0.29) is 18.2 Å². The van der Waals surface area contributed by atoms with Gasteiger partial charge in [-0.15, -0.1) is 0 Å². The molecule has 2 fully saturated rings. The molecule has 0 spiro atoms. The van der Waals surface area contributed by atoms with Crippen LogP contribution in [0.2, 0.25) is 0 Å². The van der Waals surface area contributed by atoms with E-state index < -0.39 is 41.2 Å². The second-order valence-corrected chi connectivity index (χ2v) is 8.63. The van der Waals surface area contributed by atoms with Crippen LogP contribution in [0.1, 0.15) is 29.8 Å². The summed E-state index contributed by atoms with van der Waals surface area (Å²) < 4.78 is 5.48. The summed E-state index contributed by atoms with van der Waals surface area (Å²) in [6, 6.07) is 13.6. The summed E-state index contributed by atoms with van der Waals surface area (Å²) in [5.74, 6) is -1.16. The molecule has 3 amide bonds. The molecule has 4 heterocycles. The lowest BCUT2D eigenvalue weighted by Crippen LogP contribution is -2.70. The number of hydrogen-bond acceptors (Lipinski definition) is 7. The number of rotatable bonds is 4. The molecule has 35 heavy (non-hydrogen) atoms. The minimum absolute atomic E-state index is 0.0829. The Morgan fingerprint density at radius 3 is 2.46 bits per heavy atom. The van der Waals surface area contributed by atoms with Crippen LogP contribution in [-0.4, -0.2) is 56.2 Å². The number of nitro groups is 1. The smallest absolute Gasteiger partial charge is 0.431 e. The first-order valence-corrected chi connectivity index (χ1v) is 11.0. The van der Waals surface area contributed by atoms with Gasteiger partial charge in [-0.1, -0.05) is 25.1 Å². The zero-order valence-corrected chi connectivity index (χ0v) is 18.9. The number of amides is 3. The van der Waals surface area contributed by atoms with E-state index in [0.717, 1.165) is 15.6 Å². The number of nitrogens with zero attached hydrogens (tertiary/aromatic N) is 4. The van der Waals surface area contributed by atoms with E-state index in [4.69, 9.17) is 9.57 Å². The number of non-ortho nitro benzene ring substituents is 1. The van der Waals surface area contributed by atoms with Gasteiger partial charge in [0, 0.05) is 17.7 Å². The van der Waals surface area contributed by atoms with Gasteiger partial charge in [-0.25, -0.2) is 9.80 Å². The van der Waals surface area contributed by atoms with Crippen molar-refractivity contribution in [3.05, 3.63) is 87.5 Å². The third kappa shape index (κ3) is 3.69. The van der Waals surface area contributed by atoms with Crippen LogP contribution in [0.25, 0.3) is 0 Å². The topological polar surface area (TPSA) is 123 Å². The molecule has 0 N–H and O–H groups in total. The van der Waals surface area contributed by atoms with Crippen LogP contribution in [0, 0.1) is 16.0 Å². The normalized spacial score (nSPS) is 24.8. The highest BCUT2D eigenvalue weighted by atomic mass is 16.7. The fourth-order valence-corrected chi connectivity index (χ4v) is 4.56. The number of fused-ring (bicyclic) bond motifs is 1. The Morgan fingerprint density at radius 2 is 1.80 bits per heavy atom. The molecule has 0 radical (unpaired) electrons. The summed E-state index contributed by atoms with van der Waals surface area (Å²) in [4.78, 5) is 55.9. The lowest BCUT2D eigenvalue weighted by molar-refractivity contribution is -0.384. The fourth-order valence-electron chi connectivity index (χ4n) is 4.56. The molecule has 0 aromatic heterocycles. The van der Waals surface area contributed by atoms with Gasteiger partial charge >= 0.3 is 6.09 Å². The fraction of sp³-hybridized carbons (Fsp3) is 0.292. The minimum atomic E-state index is -1.04. The van der Waals surface area contributed by atoms with Crippen molar-refractivity contribution in [2.75, 3.05) is 0 Å². The molecule has 0 saturated carbocycles. The maximum atomic E-state index is 13.3. The molecule has 2 bridgehead atoms. The minimum Gasteiger partial charge on any atom is -0.443 e. The molecule has 11 nitrogen and oxygen atoms in total. The van der Waals surface area contributed by atoms with Crippen LogP contribution >= 0.6 is 0 Å². The maximum absolute atomic E-state index is 13.3. The molecule has 0 aliphatic carbocycles. The zero-order valence-electron chi connectivity index (χ0n) is 18.9. The van der Waals surface area contributed by atoms with E-state index in [0.29, 0.717) is 11.1 Å². The number of hydrazine groups is 1. The average molecular weight is 478 g/mol. The lowest BCUT2D eigenvalue weighted by Gasteiger charge is -2.49. The van der Waals surface area contributed by atoms with Crippen LogP contribution in [0.4, 0.5) is 10.5 Å². The largest absolute Gasteiger partial charge is 0.443 e. The number of carbonyl (C=O) groups excluding carboxylic acids is 3. The van der Waals surface area contributed by atoms with Crippen molar-refractivity contribution in [1.82, 2.24) is 15.1 Å². The van der Waals surface area contributed by atoms with E-state index in [1.807, 2.05) is 6.92 Å². The molecule has 4 aliphatic heterocycles. The Morgan fingerprint density at radius 1 is 1.11 bits per heavy atom. The van der Waals surface area contributed by atoms with Gasteiger partial charge in [-0.3, -0.25) is 24.5 Å². The van der Waals surface area contributed by atoms with Crippen molar-refractivity contribution < 1.29 is 28.9 Å². The molecular weight excluding hydrogens is 456 g/mol. The van der Waals surface area contributed by atoms with Crippen LogP contribution < -0.4 is 0 Å². The Bertz CT molecular complexity index is 1230. The van der Waals surface area contributed by atoms with Gasteiger partial charge < -0.3 is 4.74 Å². The average Bonchev–Trinajstić information content (AvgIpc) is 3.07. The molecule has 0 unspecified atom stereocenters. The van der Waals surface area contributed by atoms with E-state index in [1.165, 1.54) is 29.3 Å². The Balaban J connectivity index is 1.44. The molecule has 180 valence electrons. The van der Waals surface area contributed by atoms with Crippen molar-refractivity contribution in [2.45, 2.75) is 38.8 Å². The first-order valence-electron chi connectivity index (χ1n) is 11.0. The first-order chi connectivity index (χ1) is 16.8.